The molecule has 3 fully saturated rings. The molecule has 0 spiro atoms. The molecule has 3 aliphatic heterocycles. The lowest BCUT2D eigenvalue weighted by Gasteiger charge is -2.51. The van der Waals surface area contributed by atoms with Gasteiger partial charge < -0.3 is 47.4 Å². The summed E-state index contributed by atoms with van der Waals surface area (Å²) < 4.78 is 59.5. The number of carbonyl (C=O) groups excluding carboxylic acids is 2. The van der Waals surface area contributed by atoms with Crippen molar-refractivity contribution in [3.8, 4) is 0 Å². The van der Waals surface area contributed by atoms with E-state index in [-0.39, 0.29) is 12.2 Å². The molecule has 44 heavy (non-hydrogen) atoms. The molecule has 12 nitrogen and oxygen atoms in total. The summed E-state index contributed by atoms with van der Waals surface area (Å²) >= 11 is 0. The molecule has 10 atom stereocenters. The maximum Gasteiger partial charge on any atom is 0.338 e. The Bertz CT molecular complexity index is 874. The molecule has 0 bridgehead atoms. The minimum Gasteiger partial charge on any atom is -0.461 e. The number of methoxy groups -OCH3 is 4. The van der Waals surface area contributed by atoms with Crippen molar-refractivity contribution in [3.63, 3.8) is 0 Å². The van der Waals surface area contributed by atoms with Crippen molar-refractivity contribution in [2.75, 3.05) is 28.4 Å². The van der Waals surface area contributed by atoms with Gasteiger partial charge in [-0.2, -0.15) is 0 Å². The summed E-state index contributed by atoms with van der Waals surface area (Å²) in [6, 6.07) is 0. The Morgan fingerprint density at radius 2 is 0.795 bits per heavy atom. The molecule has 0 aromatic rings. The van der Waals surface area contributed by atoms with Crippen LogP contribution >= 0.6 is 0 Å². The van der Waals surface area contributed by atoms with Crippen LogP contribution in [0.25, 0.3) is 0 Å². The second-order valence-electron chi connectivity index (χ2n) is 12.8. The third kappa shape index (κ3) is 8.12. The van der Waals surface area contributed by atoms with Crippen molar-refractivity contribution in [1.82, 2.24) is 0 Å². The number of hydrogen-bond acceptors (Lipinski definition) is 12. The lowest BCUT2D eigenvalue weighted by Crippen LogP contribution is -2.66. The Morgan fingerprint density at radius 3 is 1.11 bits per heavy atom. The van der Waals surface area contributed by atoms with Gasteiger partial charge in [0.25, 0.3) is 0 Å². The zero-order chi connectivity index (χ0) is 32.8. The van der Waals surface area contributed by atoms with Gasteiger partial charge in [-0.15, -0.1) is 0 Å². The van der Waals surface area contributed by atoms with Crippen molar-refractivity contribution in [2.24, 2.45) is 0 Å². The average Bonchev–Trinajstić information content (AvgIpc) is 2.99. The normalized spacial score (nSPS) is 44.0. The smallest absolute Gasteiger partial charge is 0.338 e. The number of carbonyl (C=O) groups is 2. The van der Waals surface area contributed by atoms with Crippen LogP contribution in [0.2, 0.25) is 0 Å². The Labute approximate surface area is 262 Å². The Balaban J connectivity index is 1.76. The van der Waals surface area contributed by atoms with E-state index in [2.05, 4.69) is 0 Å². The molecule has 0 aromatic heterocycles. The topological polar surface area (TPSA) is 126 Å². The van der Waals surface area contributed by atoms with Gasteiger partial charge >= 0.3 is 11.9 Å². The van der Waals surface area contributed by atoms with Gasteiger partial charge in [0.1, 0.15) is 0 Å². The maximum absolute atomic E-state index is 13.4. The number of cyclic esters (lactones) is 2. The maximum atomic E-state index is 13.4. The highest BCUT2D eigenvalue weighted by molar-refractivity contribution is 5.76. The second-order valence-corrected chi connectivity index (χ2v) is 12.8. The summed E-state index contributed by atoms with van der Waals surface area (Å²) in [5.74, 6) is -6.05. The first-order valence-corrected chi connectivity index (χ1v) is 16.0. The number of rotatable bonds is 4. The first-order valence-electron chi connectivity index (χ1n) is 16.0. The quantitative estimate of drug-likeness (QED) is 0.396. The summed E-state index contributed by atoms with van der Waals surface area (Å²) in [5.41, 5.74) is 0. The van der Waals surface area contributed by atoms with Gasteiger partial charge in [-0.3, -0.25) is 0 Å². The van der Waals surface area contributed by atoms with Crippen molar-refractivity contribution in [3.05, 3.63) is 0 Å². The van der Waals surface area contributed by atoms with Gasteiger partial charge in [-0.1, -0.05) is 25.7 Å². The molecule has 3 saturated heterocycles. The lowest BCUT2D eigenvalue weighted by atomic mass is 9.98. The van der Waals surface area contributed by atoms with Crippen LogP contribution in [0.4, 0.5) is 0 Å². The molecule has 3 rings (SSSR count). The monoisotopic (exact) mass is 632 g/mol. The highest BCUT2D eigenvalue weighted by Gasteiger charge is 2.59. The number of esters is 2. The van der Waals surface area contributed by atoms with Crippen LogP contribution in [0, 0.1) is 0 Å². The highest BCUT2D eigenvalue weighted by atomic mass is 16.8. The van der Waals surface area contributed by atoms with Crippen molar-refractivity contribution >= 4 is 11.9 Å². The van der Waals surface area contributed by atoms with Crippen LogP contribution in [0.5, 0.6) is 0 Å². The zero-order valence-electron chi connectivity index (χ0n) is 28.4. The first-order chi connectivity index (χ1) is 20.7. The molecule has 3 heterocycles. The molecule has 0 radical (unpaired) electrons. The van der Waals surface area contributed by atoms with E-state index in [1.165, 1.54) is 28.4 Å². The van der Waals surface area contributed by atoms with Crippen molar-refractivity contribution < 1.29 is 57.0 Å². The Kier molecular flexibility index (Phi) is 13.0. The zero-order valence-corrected chi connectivity index (χ0v) is 28.4. The summed E-state index contributed by atoms with van der Waals surface area (Å²) in [4.78, 5) is 26.8. The summed E-state index contributed by atoms with van der Waals surface area (Å²) in [5, 5.41) is 0. The minimum atomic E-state index is -1.32. The molecule has 12 heteroatoms. The summed E-state index contributed by atoms with van der Waals surface area (Å²) in [6.45, 7) is 10.6. The van der Waals surface area contributed by atoms with Crippen molar-refractivity contribution in [2.45, 2.75) is 166 Å². The van der Waals surface area contributed by atoms with Gasteiger partial charge in [0.2, 0.25) is 23.1 Å². The summed E-state index contributed by atoms with van der Waals surface area (Å²) in [6.07, 6.45) is 3.38. The van der Waals surface area contributed by atoms with E-state index >= 15 is 0 Å². The molecular formula is C32H56O12. The summed E-state index contributed by atoms with van der Waals surface area (Å²) in [7, 11) is 6.03. The molecule has 0 saturated carbocycles. The van der Waals surface area contributed by atoms with E-state index in [9.17, 15) is 9.59 Å². The van der Waals surface area contributed by atoms with Gasteiger partial charge in [0.15, 0.2) is 12.2 Å². The van der Waals surface area contributed by atoms with Crippen LogP contribution < -0.4 is 0 Å². The largest absolute Gasteiger partial charge is 0.461 e. The van der Waals surface area contributed by atoms with E-state index < -0.39 is 59.5 Å². The fraction of sp³-hybridized carbons (Fsp3) is 0.938. The molecule has 0 aliphatic carbocycles. The predicted molar refractivity (Wildman–Crippen MR) is 158 cm³/mol. The average molecular weight is 633 g/mol. The van der Waals surface area contributed by atoms with E-state index in [1.54, 1.807) is 27.7 Å². The van der Waals surface area contributed by atoms with Crippen LogP contribution in [0.15, 0.2) is 0 Å². The second kappa shape index (κ2) is 15.5. The van der Waals surface area contributed by atoms with Gasteiger partial charge in [0, 0.05) is 28.4 Å². The van der Waals surface area contributed by atoms with Gasteiger partial charge in [-0.25, -0.2) is 9.59 Å². The molecule has 0 N–H and O–H groups in total. The molecule has 0 amide bonds. The predicted octanol–water partition coefficient (Wildman–Crippen LogP) is 4.78. The number of fused-ring (bicyclic) bond motifs is 2. The fourth-order valence-electron chi connectivity index (χ4n) is 6.08. The SMILES string of the molecule is CO[C@]1(C)O[C@H]2CCCCC[C@@H](C)OC(=O)[C@H]3O[C@@](C)(OC)[C@](C)(OC)O[C@@H]3CCCCC[C@@H](C)OC(=O)[C@@H]2O[C@@]1(C)OC. The van der Waals surface area contributed by atoms with E-state index in [0.29, 0.717) is 25.7 Å². The fourth-order valence-corrected chi connectivity index (χ4v) is 6.08. The van der Waals surface area contributed by atoms with E-state index in [0.717, 1.165) is 38.5 Å². The van der Waals surface area contributed by atoms with Crippen LogP contribution in [-0.2, 0) is 57.0 Å². The Hall–Kier alpha value is -1.38. The molecular weight excluding hydrogens is 576 g/mol. The molecule has 256 valence electrons. The third-order valence-corrected chi connectivity index (χ3v) is 9.64. The standard InChI is InChI=1S/C32H56O12/c1-21-17-13-11-15-19-24-26(44-32(6,38-10)30(4,36-8)42-24)28(34)40-22(2)18-14-12-16-20-23-25(27(33)39-21)43-31(5,37-9)29(3,35-7)41-23/h21-26H,11-20H2,1-10H3/t21-,22-,23-,24+,25+,26-,29-,30-,31-,32-/m1/s1. The van der Waals surface area contributed by atoms with E-state index in [1.807, 2.05) is 13.8 Å². The number of hydrogen-bond donors (Lipinski definition) is 0. The third-order valence-electron chi connectivity index (χ3n) is 9.64. The Morgan fingerprint density at radius 1 is 0.500 bits per heavy atom. The van der Waals surface area contributed by atoms with Crippen LogP contribution in [0.3, 0.4) is 0 Å². The molecule has 3 aliphatic rings. The van der Waals surface area contributed by atoms with E-state index in [4.69, 9.17) is 47.4 Å². The van der Waals surface area contributed by atoms with Crippen molar-refractivity contribution in [1.29, 1.82) is 0 Å². The lowest BCUT2D eigenvalue weighted by molar-refractivity contribution is -0.444. The first kappa shape index (κ1) is 37.1. The highest BCUT2D eigenvalue weighted by Crippen LogP contribution is 2.42. The van der Waals surface area contributed by atoms with Crippen LogP contribution in [0.1, 0.15) is 106 Å². The van der Waals surface area contributed by atoms with Crippen LogP contribution in [-0.4, -0.2) is 100 Å². The number of ether oxygens (including phenoxy) is 10. The van der Waals surface area contributed by atoms with Gasteiger partial charge in [-0.05, 0) is 80.1 Å². The van der Waals surface area contributed by atoms with Gasteiger partial charge in [0.05, 0.1) is 24.4 Å². The molecule has 0 unspecified atom stereocenters. The minimum absolute atomic E-state index is 0.334. The molecule has 0 aromatic carbocycles.